The van der Waals surface area contributed by atoms with Gasteiger partial charge in [-0.25, -0.2) is 0 Å². The first-order valence-corrected chi connectivity index (χ1v) is 16.4. The van der Waals surface area contributed by atoms with E-state index in [0.717, 1.165) is 12.1 Å². The van der Waals surface area contributed by atoms with Gasteiger partial charge in [0.2, 0.25) is 0 Å². The number of benzene rings is 2. The molecule has 0 bridgehead atoms. The molecule has 6 heteroatoms. The monoisotopic (exact) mass is 414 g/mol. The number of aromatic hydroxyl groups is 1. The van der Waals surface area contributed by atoms with Gasteiger partial charge in [-0.2, -0.15) is 0 Å². The maximum atomic E-state index is 13.8. The van der Waals surface area contributed by atoms with Gasteiger partial charge in [0.25, 0.3) is 0 Å². The van der Waals surface area contributed by atoms with E-state index in [9.17, 15) is 18.7 Å². The average molecular weight is 413 g/mol. The van der Waals surface area contributed by atoms with E-state index in [2.05, 4.69) is 0 Å². The van der Waals surface area contributed by atoms with E-state index in [4.69, 9.17) is 3.07 Å². The van der Waals surface area contributed by atoms with E-state index >= 15 is 0 Å². The topological polar surface area (TPSA) is 46.5 Å². The van der Waals surface area contributed by atoms with Crippen molar-refractivity contribution in [2.45, 2.75) is 14.8 Å². The Kier molecular flexibility index (Phi) is 4.74. The summed E-state index contributed by atoms with van der Waals surface area (Å²) in [4.78, 5) is 17.8. The third kappa shape index (κ3) is 3.97. The minimum atomic E-state index is -2.84. The van der Waals surface area contributed by atoms with Gasteiger partial charge in [0.05, 0.1) is 0 Å². The van der Waals surface area contributed by atoms with Crippen molar-refractivity contribution in [1.29, 1.82) is 0 Å². The molecule has 2 rings (SSSR count). The van der Waals surface area contributed by atoms with E-state index in [1.165, 1.54) is 24.3 Å². The van der Waals surface area contributed by atoms with Crippen LogP contribution in [0.5, 0.6) is 5.75 Å². The molecular formula is C16H16F2O3Sn. The van der Waals surface area contributed by atoms with Crippen LogP contribution in [0.1, 0.15) is 10.4 Å². The van der Waals surface area contributed by atoms with Gasteiger partial charge >= 0.3 is 132 Å². The van der Waals surface area contributed by atoms with Gasteiger partial charge in [-0.1, -0.05) is 0 Å². The number of carbonyl (C=O) groups is 1. The Hall–Kier alpha value is -1.63. The summed E-state index contributed by atoms with van der Waals surface area (Å²) in [5, 5.41) is 9.83. The summed E-state index contributed by atoms with van der Waals surface area (Å²) >= 11 is -2.84. The average Bonchev–Trinajstić information content (AvgIpc) is 2.37. The van der Waals surface area contributed by atoms with Crippen LogP contribution >= 0.6 is 0 Å². The van der Waals surface area contributed by atoms with Crippen LogP contribution in [0.2, 0.25) is 14.8 Å². The molecule has 0 aliphatic heterocycles. The molecule has 0 aliphatic carbocycles. The Labute approximate surface area is 132 Å². The third-order valence-corrected chi connectivity index (χ3v) is 5.13. The van der Waals surface area contributed by atoms with Crippen LogP contribution in [0.15, 0.2) is 36.4 Å². The van der Waals surface area contributed by atoms with Crippen LogP contribution in [0.25, 0.3) is 11.1 Å². The Morgan fingerprint density at radius 1 is 1.09 bits per heavy atom. The summed E-state index contributed by atoms with van der Waals surface area (Å²) in [6.45, 7) is 0. The number of halogens is 2. The minimum absolute atomic E-state index is 0.0205. The van der Waals surface area contributed by atoms with Gasteiger partial charge < -0.3 is 0 Å². The fourth-order valence-corrected chi connectivity index (χ4v) is 3.82. The molecule has 0 atom stereocenters. The SMILES string of the molecule is [CH3][Sn]([CH3])([CH3])[O]C(=O)c1cc(-c2ccc(F)cc2F)ccc1O. The molecule has 0 fully saturated rings. The standard InChI is InChI=1S/C13H8F2O3.3CH3.Sn/c14-8-2-3-9(11(15)6-8)7-1-4-12(16)10(5-7)13(17)18;;;;/h1-6,16H,(H,17,18);3*1H3;/q;;;;+1/p-1. The summed E-state index contributed by atoms with van der Waals surface area (Å²) in [7, 11) is 0. The molecular weight excluding hydrogens is 397 g/mol. The van der Waals surface area contributed by atoms with Crippen LogP contribution in [0, 0.1) is 11.6 Å². The molecule has 0 amide bonds. The van der Waals surface area contributed by atoms with E-state index in [0.29, 0.717) is 5.56 Å². The first-order valence-electron chi connectivity index (χ1n) is 6.69. The number of hydrogen-bond donors (Lipinski definition) is 1. The summed E-state index contributed by atoms with van der Waals surface area (Å²) in [6, 6.07) is 7.30. The molecule has 0 aromatic heterocycles. The quantitative estimate of drug-likeness (QED) is 0.763. The molecule has 0 heterocycles. The third-order valence-electron chi connectivity index (χ3n) is 2.86. The summed E-state index contributed by atoms with van der Waals surface area (Å²) in [6.07, 6.45) is 0. The number of carbonyl (C=O) groups excluding carboxylic acids is 1. The molecule has 2 aromatic carbocycles. The van der Waals surface area contributed by atoms with Crippen LogP contribution < -0.4 is 0 Å². The Morgan fingerprint density at radius 2 is 1.77 bits per heavy atom. The van der Waals surface area contributed by atoms with E-state index in [1.54, 1.807) is 0 Å². The summed E-state index contributed by atoms with van der Waals surface area (Å²) in [5.41, 5.74) is 0.494. The number of rotatable bonds is 3. The number of phenols is 1. The predicted molar refractivity (Wildman–Crippen MR) is 82.2 cm³/mol. The Balaban J connectivity index is 2.44. The van der Waals surface area contributed by atoms with Gasteiger partial charge in [0.15, 0.2) is 0 Å². The molecule has 0 radical (unpaired) electrons. The summed E-state index contributed by atoms with van der Waals surface area (Å²) in [5.74, 6) is -2.27. The van der Waals surface area contributed by atoms with Gasteiger partial charge in [-0.3, -0.25) is 0 Å². The molecule has 0 saturated carbocycles. The predicted octanol–water partition coefficient (Wildman–Crippen LogP) is 4.33. The van der Waals surface area contributed by atoms with Crippen molar-refractivity contribution >= 4 is 24.8 Å². The molecule has 116 valence electrons. The van der Waals surface area contributed by atoms with Crippen molar-refractivity contribution in [3.05, 3.63) is 53.6 Å². The van der Waals surface area contributed by atoms with Gasteiger partial charge in [0, 0.05) is 0 Å². The second-order valence-electron chi connectivity index (χ2n) is 5.86. The fraction of sp³-hybridized carbons (Fsp3) is 0.188. The number of phenolic OH excluding ortho intramolecular Hbond substituents is 1. The van der Waals surface area contributed by atoms with Crippen molar-refractivity contribution in [2.75, 3.05) is 0 Å². The fourth-order valence-electron chi connectivity index (χ4n) is 1.92. The zero-order valence-electron chi connectivity index (χ0n) is 12.5. The Morgan fingerprint density at radius 3 is 2.36 bits per heavy atom. The zero-order valence-corrected chi connectivity index (χ0v) is 15.3. The zero-order chi connectivity index (χ0) is 16.5. The van der Waals surface area contributed by atoms with Crippen molar-refractivity contribution in [1.82, 2.24) is 0 Å². The molecule has 2 aromatic rings. The Bertz CT molecular complexity index is 724. The van der Waals surface area contributed by atoms with E-state index in [-0.39, 0.29) is 16.9 Å². The van der Waals surface area contributed by atoms with Crippen molar-refractivity contribution < 1.29 is 21.8 Å². The maximum absolute atomic E-state index is 13.8. The molecule has 1 N–H and O–H groups in total. The van der Waals surface area contributed by atoms with E-state index in [1.807, 2.05) is 14.8 Å². The van der Waals surface area contributed by atoms with Gasteiger partial charge in [0.1, 0.15) is 0 Å². The van der Waals surface area contributed by atoms with Crippen molar-refractivity contribution in [3.63, 3.8) is 0 Å². The molecule has 3 nitrogen and oxygen atoms in total. The normalized spacial score (nSPS) is 11.3. The van der Waals surface area contributed by atoms with Crippen LogP contribution in [-0.4, -0.2) is 29.9 Å². The first-order chi connectivity index (χ1) is 10.2. The van der Waals surface area contributed by atoms with Crippen molar-refractivity contribution in [2.24, 2.45) is 0 Å². The van der Waals surface area contributed by atoms with Crippen LogP contribution in [0.4, 0.5) is 8.78 Å². The van der Waals surface area contributed by atoms with E-state index < -0.39 is 36.4 Å². The molecule has 22 heavy (non-hydrogen) atoms. The first kappa shape index (κ1) is 16.7. The van der Waals surface area contributed by atoms with Crippen molar-refractivity contribution in [3.8, 4) is 16.9 Å². The summed E-state index contributed by atoms with van der Waals surface area (Å²) < 4.78 is 32.2. The second kappa shape index (κ2) is 6.24. The molecule has 0 aliphatic rings. The van der Waals surface area contributed by atoms with Crippen LogP contribution in [0.3, 0.4) is 0 Å². The number of hydrogen-bond acceptors (Lipinski definition) is 3. The molecule has 0 spiro atoms. The van der Waals surface area contributed by atoms with Crippen LogP contribution in [-0.2, 0) is 3.07 Å². The molecule has 0 saturated heterocycles. The second-order valence-corrected chi connectivity index (χ2v) is 18.5. The van der Waals surface area contributed by atoms with Gasteiger partial charge in [-0.05, 0) is 0 Å². The molecule has 0 unspecified atom stereocenters. The van der Waals surface area contributed by atoms with Gasteiger partial charge in [-0.15, -0.1) is 0 Å².